The van der Waals surface area contributed by atoms with E-state index < -0.39 is 10.3 Å². The molecule has 3 aliphatic rings. The second-order valence-corrected chi connectivity index (χ2v) is 9.05. The minimum atomic E-state index is -4.00. The molecule has 7 heteroatoms. The minimum absolute atomic E-state index is 0.0787. The summed E-state index contributed by atoms with van der Waals surface area (Å²) in [5.41, 5.74) is 2.38. The van der Waals surface area contributed by atoms with Crippen molar-refractivity contribution in [1.82, 2.24) is 5.32 Å². The minimum Gasteiger partial charge on any atom is -0.371 e. The van der Waals surface area contributed by atoms with Gasteiger partial charge >= 0.3 is 10.3 Å². The van der Waals surface area contributed by atoms with E-state index in [1.807, 2.05) is 12.1 Å². The van der Waals surface area contributed by atoms with E-state index in [0.29, 0.717) is 24.2 Å². The molecule has 0 bridgehead atoms. The number of nitrogens with two attached hydrogens (primary N) is 1. The SMILES string of the molecule is C[C@]12CCC3c4ccc(OS(N)(=O)=O)cc4CCC3C1CCC(=O)N2. The van der Waals surface area contributed by atoms with Crippen molar-refractivity contribution in [3.63, 3.8) is 0 Å². The third-order valence-corrected chi connectivity index (χ3v) is 6.83. The lowest BCUT2D eigenvalue weighted by Crippen LogP contribution is -2.60. The van der Waals surface area contributed by atoms with Gasteiger partial charge in [-0.15, -0.1) is 0 Å². The van der Waals surface area contributed by atoms with Gasteiger partial charge in [-0.1, -0.05) is 6.07 Å². The van der Waals surface area contributed by atoms with Crippen LogP contribution in [0.1, 0.15) is 56.1 Å². The molecule has 0 aromatic heterocycles. The molecule has 1 aromatic carbocycles. The maximum Gasteiger partial charge on any atom is 0.380 e. The van der Waals surface area contributed by atoms with Crippen LogP contribution >= 0.6 is 0 Å². The van der Waals surface area contributed by atoms with Crippen LogP contribution in [0.25, 0.3) is 0 Å². The summed E-state index contributed by atoms with van der Waals surface area (Å²) in [6.45, 7) is 2.20. The van der Waals surface area contributed by atoms with Crippen molar-refractivity contribution < 1.29 is 17.4 Å². The first-order valence-corrected chi connectivity index (χ1v) is 10.4. The van der Waals surface area contributed by atoms with Crippen molar-refractivity contribution in [2.75, 3.05) is 0 Å². The van der Waals surface area contributed by atoms with Gasteiger partial charge in [-0.2, -0.15) is 13.6 Å². The van der Waals surface area contributed by atoms with Crippen molar-refractivity contribution in [3.8, 4) is 5.75 Å². The molecule has 2 fully saturated rings. The predicted molar refractivity (Wildman–Crippen MR) is 93.2 cm³/mol. The van der Waals surface area contributed by atoms with E-state index in [0.717, 1.165) is 37.7 Å². The molecule has 1 aliphatic heterocycles. The van der Waals surface area contributed by atoms with Crippen LogP contribution in [0, 0.1) is 11.8 Å². The maximum absolute atomic E-state index is 11.8. The van der Waals surface area contributed by atoms with Gasteiger partial charge in [0.25, 0.3) is 0 Å². The Bertz CT molecular complexity index is 822. The average molecular weight is 364 g/mol. The van der Waals surface area contributed by atoms with Crippen molar-refractivity contribution in [2.24, 2.45) is 17.0 Å². The molecular formula is C18H24N2O4S. The standard InChI is InChI=1S/C18H24N2O4S/c1-18-9-8-14-13-5-3-12(24-25(19,22)23)10-11(13)2-4-15(14)16(18)6-7-17(21)20-18/h3,5,10,14-16H,2,4,6-9H2,1H3,(H,20,21)(H2,19,22,23)/t14?,15?,16?,18-/m0/s1. The summed E-state index contributed by atoms with van der Waals surface area (Å²) < 4.78 is 27.1. The van der Waals surface area contributed by atoms with E-state index in [-0.39, 0.29) is 17.2 Å². The van der Waals surface area contributed by atoms with Crippen LogP contribution in [0.5, 0.6) is 5.75 Å². The first-order chi connectivity index (χ1) is 11.8. The fourth-order valence-corrected chi connectivity index (χ4v) is 5.79. The van der Waals surface area contributed by atoms with Crippen molar-refractivity contribution in [2.45, 2.75) is 56.9 Å². The van der Waals surface area contributed by atoms with Crippen molar-refractivity contribution in [3.05, 3.63) is 29.3 Å². The molecule has 3 N–H and O–H groups in total. The molecule has 1 saturated carbocycles. The van der Waals surface area contributed by atoms with Crippen LogP contribution in [-0.4, -0.2) is 19.9 Å². The fraction of sp³-hybridized carbons (Fsp3) is 0.611. The number of carbonyl (C=O) groups is 1. The van der Waals surface area contributed by atoms with E-state index in [1.54, 1.807) is 6.07 Å². The first kappa shape index (κ1) is 16.8. The molecule has 0 spiro atoms. The lowest BCUT2D eigenvalue weighted by atomic mass is 9.55. The monoisotopic (exact) mass is 364 g/mol. The van der Waals surface area contributed by atoms with Crippen LogP contribution < -0.4 is 14.6 Å². The zero-order valence-corrected chi connectivity index (χ0v) is 15.1. The highest BCUT2D eigenvalue weighted by Crippen LogP contribution is 2.53. The molecule has 25 heavy (non-hydrogen) atoms. The Kier molecular flexibility index (Phi) is 3.85. The Labute approximate surface area is 148 Å². The molecule has 136 valence electrons. The van der Waals surface area contributed by atoms with Crippen molar-refractivity contribution in [1.29, 1.82) is 0 Å². The third-order valence-electron chi connectivity index (χ3n) is 6.41. The summed E-state index contributed by atoms with van der Waals surface area (Å²) >= 11 is 0. The number of carbonyl (C=O) groups excluding carboxylic acids is 1. The number of aryl methyl sites for hydroxylation is 1. The summed E-state index contributed by atoms with van der Waals surface area (Å²) in [7, 11) is -4.00. The van der Waals surface area contributed by atoms with E-state index in [2.05, 4.69) is 12.2 Å². The van der Waals surface area contributed by atoms with Gasteiger partial charge in [0.05, 0.1) is 0 Å². The first-order valence-electron chi connectivity index (χ1n) is 8.91. The van der Waals surface area contributed by atoms with Gasteiger partial charge in [-0.25, -0.2) is 0 Å². The quantitative estimate of drug-likeness (QED) is 0.838. The zero-order valence-electron chi connectivity index (χ0n) is 14.3. The molecule has 2 aliphatic carbocycles. The molecule has 1 aromatic rings. The van der Waals surface area contributed by atoms with Crippen molar-refractivity contribution >= 4 is 16.2 Å². The highest BCUT2D eigenvalue weighted by atomic mass is 32.2. The second kappa shape index (κ2) is 5.71. The molecule has 4 atom stereocenters. The summed E-state index contributed by atoms with van der Waals surface area (Å²) in [5.74, 6) is 2.01. The summed E-state index contributed by atoms with van der Waals surface area (Å²) in [5, 5.41) is 8.21. The molecule has 6 nitrogen and oxygen atoms in total. The van der Waals surface area contributed by atoms with E-state index in [9.17, 15) is 13.2 Å². The number of hydrogen-bond donors (Lipinski definition) is 2. The Morgan fingerprint density at radius 2 is 2.04 bits per heavy atom. The molecule has 3 unspecified atom stereocenters. The smallest absolute Gasteiger partial charge is 0.371 e. The summed E-state index contributed by atoms with van der Waals surface area (Å²) in [4.78, 5) is 11.8. The summed E-state index contributed by atoms with van der Waals surface area (Å²) in [6, 6.07) is 5.51. The largest absolute Gasteiger partial charge is 0.380 e. The molecule has 1 amide bonds. The molecule has 0 radical (unpaired) electrons. The van der Waals surface area contributed by atoms with E-state index in [1.165, 1.54) is 5.56 Å². The van der Waals surface area contributed by atoms with E-state index in [4.69, 9.17) is 9.32 Å². The van der Waals surface area contributed by atoms with Gasteiger partial charge in [0, 0.05) is 12.0 Å². The topological polar surface area (TPSA) is 98.5 Å². The van der Waals surface area contributed by atoms with Crippen LogP contribution in [-0.2, 0) is 21.5 Å². The highest BCUT2D eigenvalue weighted by Gasteiger charge is 2.50. The zero-order chi connectivity index (χ0) is 17.8. The van der Waals surface area contributed by atoms with Gasteiger partial charge in [0.1, 0.15) is 5.75 Å². The summed E-state index contributed by atoms with van der Waals surface area (Å²) in [6.07, 6.45) is 5.58. The third kappa shape index (κ3) is 3.04. The molecular weight excluding hydrogens is 340 g/mol. The molecule has 1 saturated heterocycles. The molecule has 1 heterocycles. The number of benzene rings is 1. The Hall–Kier alpha value is -1.60. The average Bonchev–Trinajstić information content (AvgIpc) is 2.51. The number of nitrogens with one attached hydrogen (secondary N) is 1. The van der Waals surface area contributed by atoms with Gasteiger partial charge < -0.3 is 9.50 Å². The maximum atomic E-state index is 11.8. The lowest BCUT2D eigenvalue weighted by molar-refractivity contribution is -0.129. The number of hydrogen-bond acceptors (Lipinski definition) is 4. The fourth-order valence-electron chi connectivity index (χ4n) is 5.42. The Balaban J connectivity index is 1.62. The van der Waals surface area contributed by atoms with Crippen LogP contribution in [0.15, 0.2) is 18.2 Å². The van der Waals surface area contributed by atoms with Gasteiger partial charge in [-0.3, -0.25) is 4.79 Å². The Morgan fingerprint density at radius 1 is 1.24 bits per heavy atom. The lowest BCUT2D eigenvalue weighted by Gasteiger charge is -2.54. The second-order valence-electron chi connectivity index (χ2n) is 7.90. The number of fused-ring (bicyclic) bond motifs is 5. The number of piperidine rings is 1. The van der Waals surface area contributed by atoms with E-state index >= 15 is 0 Å². The van der Waals surface area contributed by atoms with Gasteiger partial charge in [-0.05, 0) is 80.0 Å². The van der Waals surface area contributed by atoms with Crippen LogP contribution in [0.3, 0.4) is 0 Å². The number of amides is 1. The Morgan fingerprint density at radius 3 is 2.80 bits per heavy atom. The number of rotatable bonds is 2. The normalized spacial score (nSPS) is 34.3. The van der Waals surface area contributed by atoms with Crippen LogP contribution in [0.2, 0.25) is 0 Å². The predicted octanol–water partition coefficient (Wildman–Crippen LogP) is 1.99. The highest BCUT2D eigenvalue weighted by molar-refractivity contribution is 7.84. The van der Waals surface area contributed by atoms with Crippen LogP contribution in [0.4, 0.5) is 0 Å². The molecule has 4 rings (SSSR count). The van der Waals surface area contributed by atoms with Gasteiger partial charge in [0.2, 0.25) is 5.91 Å². The van der Waals surface area contributed by atoms with Gasteiger partial charge in [0.15, 0.2) is 0 Å².